The zero-order valence-corrected chi connectivity index (χ0v) is 31.8. The van der Waals surface area contributed by atoms with Crippen LogP contribution in [0, 0.1) is 0 Å². The Morgan fingerprint density at radius 3 is 1.19 bits per heavy atom. The Bertz CT molecular complexity index is 1330. The Hall–Kier alpha value is -2.48. The smallest absolute Gasteiger partial charge is 0.406 e. The molecule has 0 atom stereocenters. The highest BCUT2D eigenvalue weighted by atomic mass is 28.4. The van der Waals surface area contributed by atoms with E-state index >= 15 is 13.2 Å². The second-order valence-corrected chi connectivity index (χ2v) is 33.6. The average Bonchev–Trinajstić information content (AvgIpc) is 2.79. The van der Waals surface area contributed by atoms with Crippen LogP contribution in [0.3, 0.4) is 0 Å². The van der Waals surface area contributed by atoms with Gasteiger partial charge in [-0.05, 0) is 80.2 Å². The summed E-state index contributed by atoms with van der Waals surface area (Å²) < 4.78 is 60.9. The summed E-state index contributed by atoms with van der Waals surface area (Å²) in [6, 6.07) is 18.1. The van der Waals surface area contributed by atoms with Gasteiger partial charge in [0.05, 0.1) is 11.4 Å². The second kappa shape index (κ2) is 12.1. The normalized spacial score (nSPS) is 13.5. The van der Waals surface area contributed by atoms with Crippen LogP contribution in [0.4, 0.5) is 24.5 Å². The molecule has 0 spiro atoms. The molecule has 3 aromatic rings. The van der Waals surface area contributed by atoms with Crippen LogP contribution in [0.25, 0.3) is 0 Å². The van der Waals surface area contributed by atoms with Gasteiger partial charge in [-0.2, -0.15) is 13.2 Å². The minimum absolute atomic E-state index is 0.132. The largest absolute Gasteiger partial charge is 0.543 e. The van der Waals surface area contributed by atoms with Crippen molar-refractivity contribution < 1.29 is 22.0 Å². The van der Waals surface area contributed by atoms with Crippen molar-refractivity contribution in [3.8, 4) is 11.5 Å². The van der Waals surface area contributed by atoms with Crippen molar-refractivity contribution in [1.82, 2.24) is 0 Å². The minimum atomic E-state index is -4.68. The lowest BCUT2D eigenvalue weighted by molar-refractivity contribution is -0.166. The van der Waals surface area contributed by atoms with Crippen LogP contribution in [-0.2, 0) is 5.41 Å². The maximum Gasteiger partial charge on any atom is 0.406 e. The Balaban J connectivity index is 2.46. The molecule has 0 fully saturated rings. The molecule has 3 rings (SSSR count). The molecular formula is C32H49F3N2O2Si4. The fourth-order valence-electron chi connectivity index (χ4n) is 5.05. The van der Waals surface area contributed by atoms with Crippen molar-refractivity contribution in [1.29, 1.82) is 0 Å². The lowest BCUT2D eigenvalue weighted by Gasteiger charge is -2.39. The highest BCUT2D eigenvalue weighted by Gasteiger charge is 2.58. The number of alkyl halides is 3. The van der Waals surface area contributed by atoms with Crippen LogP contribution in [0.1, 0.15) is 16.7 Å². The molecular weight excluding hydrogens is 614 g/mol. The summed E-state index contributed by atoms with van der Waals surface area (Å²) in [5, 5.41) is 0. The molecule has 43 heavy (non-hydrogen) atoms. The third-order valence-electron chi connectivity index (χ3n) is 6.31. The Morgan fingerprint density at radius 2 is 0.884 bits per heavy atom. The maximum atomic E-state index is 16.0. The van der Waals surface area contributed by atoms with Crippen LogP contribution in [0.2, 0.25) is 78.6 Å². The second-order valence-electron chi connectivity index (χ2n) is 15.2. The molecule has 0 amide bonds. The highest BCUT2D eigenvalue weighted by molar-refractivity contribution is 6.79. The molecule has 11 heteroatoms. The van der Waals surface area contributed by atoms with Gasteiger partial charge >= 0.3 is 6.18 Å². The van der Waals surface area contributed by atoms with Gasteiger partial charge in [0.25, 0.3) is 0 Å². The summed E-state index contributed by atoms with van der Waals surface area (Å²) in [5.41, 5.74) is -0.834. The molecule has 3 aromatic carbocycles. The summed E-state index contributed by atoms with van der Waals surface area (Å²) in [4.78, 5) is 7.13. The zero-order valence-electron chi connectivity index (χ0n) is 27.8. The molecule has 0 unspecified atom stereocenters. The number of anilines is 2. The topological polar surface area (TPSA) is 42.5 Å². The Kier molecular flexibility index (Phi) is 9.87. The number of benzene rings is 3. The summed E-state index contributed by atoms with van der Waals surface area (Å²) >= 11 is 0. The van der Waals surface area contributed by atoms with Crippen molar-refractivity contribution in [3.63, 3.8) is 0 Å². The summed E-state index contributed by atoms with van der Waals surface area (Å²) in [6.07, 6.45) is -4.68. The molecule has 0 heterocycles. The van der Waals surface area contributed by atoms with Crippen molar-refractivity contribution in [2.45, 2.75) is 90.2 Å². The molecule has 236 valence electrons. The molecule has 0 saturated carbocycles. The number of nitrogens with one attached hydrogen (secondary N) is 2. The molecule has 0 aliphatic rings. The third-order valence-corrected chi connectivity index (χ3v) is 10.0. The van der Waals surface area contributed by atoms with Crippen molar-refractivity contribution in [2.24, 2.45) is 0 Å². The molecule has 0 aliphatic heterocycles. The fraction of sp³-hybridized carbons (Fsp3) is 0.438. The van der Waals surface area contributed by atoms with E-state index in [-0.39, 0.29) is 16.7 Å². The van der Waals surface area contributed by atoms with Crippen LogP contribution in [-0.4, -0.2) is 39.3 Å². The molecule has 0 bridgehead atoms. The first-order chi connectivity index (χ1) is 19.4. The molecule has 0 saturated heterocycles. The highest BCUT2D eigenvalue weighted by Crippen LogP contribution is 2.53. The summed E-state index contributed by atoms with van der Waals surface area (Å²) in [5.74, 6) is 1.18. The number of halogens is 3. The Labute approximate surface area is 260 Å². The third kappa shape index (κ3) is 9.02. The van der Waals surface area contributed by atoms with Gasteiger partial charge in [0.15, 0.2) is 0 Å². The van der Waals surface area contributed by atoms with Crippen LogP contribution in [0.5, 0.6) is 11.5 Å². The molecule has 2 N–H and O–H groups in total. The lowest BCUT2D eigenvalue weighted by Crippen LogP contribution is -2.45. The monoisotopic (exact) mass is 662 g/mol. The number of hydrogen-bond acceptors (Lipinski definition) is 4. The van der Waals surface area contributed by atoms with E-state index in [4.69, 9.17) is 8.85 Å². The van der Waals surface area contributed by atoms with E-state index in [1.807, 2.05) is 0 Å². The van der Waals surface area contributed by atoms with Crippen molar-refractivity contribution in [2.75, 3.05) is 9.96 Å². The average molecular weight is 663 g/mol. The maximum absolute atomic E-state index is 16.0. The zero-order chi connectivity index (χ0) is 32.6. The van der Waals surface area contributed by atoms with E-state index in [1.165, 1.54) is 0 Å². The van der Waals surface area contributed by atoms with E-state index in [1.54, 1.807) is 66.7 Å². The van der Waals surface area contributed by atoms with Gasteiger partial charge in [-0.25, -0.2) is 0 Å². The van der Waals surface area contributed by atoms with E-state index in [0.717, 1.165) is 0 Å². The van der Waals surface area contributed by atoms with E-state index in [0.29, 0.717) is 22.9 Å². The first-order valence-corrected chi connectivity index (χ1v) is 28.6. The molecule has 0 aromatic heterocycles. The summed E-state index contributed by atoms with van der Waals surface area (Å²) in [6.45, 7) is 25.2. The van der Waals surface area contributed by atoms with E-state index < -0.39 is 44.7 Å². The van der Waals surface area contributed by atoms with Gasteiger partial charge < -0.3 is 18.8 Å². The predicted molar refractivity (Wildman–Crippen MR) is 187 cm³/mol. The van der Waals surface area contributed by atoms with Crippen molar-refractivity contribution in [3.05, 3.63) is 83.4 Å². The van der Waals surface area contributed by atoms with Gasteiger partial charge in [0.1, 0.15) is 33.4 Å². The SMILES string of the molecule is C[Si](C)(C)Nc1cc(C(c2ccccc2)(c2ccc(O[Si](C)(C)C)c(N[Si](C)(C)C)c2)C(F)(F)F)ccc1O[Si](C)(C)C. The van der Waals surface area contributed by atoms with Gasteiger partial charge in [0.2, 0.25) is 16.6 Å². The van der Waals surface area contributed by atoms with Gasteiger partial charge in [0, 0.05) is 0 Å². The molecule has 0 radical (unpaired) electrons. The first-order valence-electron chi connectivity index (χ1n) is 14.8. The van der Waals surface area contributed by atoms with E-state index in [9.17, 15) is 0 Å². The summed E-state index contributed by atoms with van der Waals surface area (Å²) in [7, 11) is -8.04. The standard InChI is InChI=1S/C32H49F3N2O2Si4/c1-40(2,3)36-27-22-25(18-20-29(27)38-42(7,8)9)31(32(33,34)35,24-16-14-13-15-17-24)26-19-21-30(39-43(10,11)12)28(23-26)37-41(4,5)6/h13-23,36-37H,1-12H3. The van der Waals surface area contributed by atoms with Gasteiger partial charge in [-0.1, -0.05) is 81.7 Å². The van der Waals surface area contributed by atoms with Gasteiger partial charge in [-0.3, -0.25) is 0 Å². The fourth-order valence-corrected chi connectivity index (χ4v) is 8.73. The van der Waals surface area contributed by atoms with Crippen molar-refractivity contribution >= 4 is 44.5 Å². The number of rotatable bonds is 11. The predicted octanol–water partition coefficient (Wildman–Crippen LogP) is 10.5. The van der Waals surface area contributed by atoms with Crippen LogP contribution < -0.4 is 18.8 Å². The van der Waals surface area contributed by atoms with Crippen LogP contribution in [0.15, 0.2) is 66.7 Å². The van der Waals surface area contributed by atoms with E-state index in [2.05, 4.69) is 88.5 Å². The molecule has 4 nitrogen and oxygen atoms in total. The quantitative estimate of drug-likeness (QED) is 0.158. The lowest BCUT2D eigenvalue weighted by atomic mass is 9.68. The Morgan fingerprint density at radius 1 is 0.512 bits per heavy atom. The minimum Gasteiger partial charge on any atom is -0.543 e. The van der Waals surface area contributed by atoms with Gasteiger partial charge in [-0.15, -0.1) is 0 Å². The van der Waals surface area contributed by atoms with Crippen LogP contribution >= 0.6 is 0 Å². The molecule has 0 aliphatic carbocycles. The first kappa shape index (κ1) is 35.0. The number of hydrogen-bond donors (Lipinski definition) is 2.